The van der Waals surface area contributed by atoms with Gasteiger partial charge in [0.2, 0.25) is 0 Å². The number of nitrogens with one attached hydrogen (secondary N) is 1. The molecule has 0 spiro atoms. The molecule has 0 aromatic heterocycles. The van der Waals surface area contributed by atoms with E-state index in [1.54, 1.807) is 0 Å². The summed E-state index contributed by atoms with van der Waals surface area (Å²) in [6.07, 6.45) is 2.43. The summed E-state index contributed by atoms with van der Waals surface area (Å²) < 4.78 is 0. The van der Waals surface area contributed by atoms with Crippen molar-refractivity contribution in [3.8, 4) is 0 Å². The molecular formula is C13H27NO2. The highest BCUT2D eigenvalue weighted by molar-refractivity contribution is 5.74. The van der Waals surface area contributed by atoms with Gasteiger partial charge in [0.25, 0.3) is 0 Å². The summed E-state index contributed by atoms with van der Waals surface area (Å²) >= 11 is 0. The second-order valence-corrected chi connectivity index (χ2v) is 5.78. The zero-order chi connectivity index (χ0) is 12.8. The van der Waals surface area contributed by atoms with Crippen molar-refractivity contribution in [1.29, 1.82) is 0 Å². The average molecular weight is 229 g/mol. The van der Waals surface area contributed by atoms with Crippen molar-refractivity contribution >= 4 is 5.97 Å². The Morgan fingerprint density at radius 3 is 2.00 bits per heavy atom. The Morgan fingerprint density at radius 2 is 1.69 bits per heavy atom. The Balaban J connectivity index is 4.10. The van der Waals surface area contributed by atoms with Crippen LogP contribution in [0.25, 0.3) is 0 Å². The van der Waals surface area contributed by atoms with E-state index in [2.05, 4.69) is 26.1 Å². The number of carboxylic acids is 1. The molecule has 0 fully saturated rings. The standard InChI is InChI=1S/C13H27NO2/c1-6-13(7-2,11(15)16)10-14-9-8-12(3,4)5/h14H,6-10H2,1-5H3,(H,15,16). The van der Waals surface area contributed by atoms with Gasteiger partial charge in [-0.15, -0.1) is 0 Å². The fraction of sp³-hybridized carbons (Fsp3) is 0.923. The lowest BCUT2D eigenvalue weighted by Gasteiger charge is -2.28. The Morgan fingerprint density at radius 1 is 1.19 bits per heavy atom. The van der Waals surface area contributed by atoms with Crippen LogP contribution in [0.15, 0.2) is 0 Å². The van der Waals surface area contributed by atoms with Gasteiger partial charge in [-0.2, -0.15) is 0 Å². The van der Waals surface area contributed by atoms with E-state index in [9.17, 15) is 9.90 Å². The second kappa shape index (κ2) is 6.24. The topological polar surface area (TPSA) is 49.3 Å². The van der Waals surface area contributed by atoms with Crippen LogP contribution in [-0.4, -0.2) is 24.2 Å². The average Bonchev–Trinajstić information content (AvgIpc) is 2.17. The van der Waals surface area contributed by atoms with Crippen LogP contribution in [0.3, 0.4) is 0 Å². The highest BCUT2D eigenvalue weighted by atomic mass is 16.4. The van der Waals surface area contributed by atoms with Crippen molar-refractivity contribution in [2.24, 2.45) is 10.8 Å². The van der Waals surface area contributed by atoms with E-state index in [-0.39, 0.29) is 0 Å². The minimum absolute atomic E-state index is 0.303. The van der Waals surface area contributed by atoms with Crippen molar-refractivity contribution in [2.75, 3.05) is 13.1 Å². The van der Waals surface area contributed by atoms with Crippen molar-refractivity contribution in [3.63, 3.8) is 0 Å². The maximum absolute atomic E-state index is 11.2. The quantitative estimate of drug-likeness (QED) is 0.660. The Labute approximate surface area is 99.6 Å². The third-order valence-corrected chi connectivity index (χ3v) is 3.32. The zero-order valence-electron chi connectivity index (χ0n) is 11.4. The lowest BCUT2D eigenvalue weighted by molar-refractivity contribution is -0.149. The molecule has 0 aromatic carbocycles. The molecule has 16 heavy (non-hydrogen) atoms. The molecule has 0 aliphatic carbocycles. The lowest BCUT2D eigenvalue weighted by Crippen LogP contribution is -2.40. The van der Waals surface area contributed by atoms with Gasteiger partial charge in [0.1, 0.15) is 0 Å². The molecule has 0 heterocycles. The molecule has 0 rings (SSSR count). The Bertz CT molecular complexity index is 214. The first kappa shape index (κ1) is 15.4. The van der Waals surface area contributed by atoms with Gasteiger partial charge in [-0.1, -0.05) is 34.6 Å². The number of carbonyl (C=O) groups is 1. The van der Waals surface area contributed by atoms with Gasteiger partial charge in [0.05, 0.1) is 5.41 Å². The highest BCUT2D eigenvalue weighted by Crippen LogP contribution is 2.26. The molecule has 0 atom stereocenters. The monoisotopic (exact) mass is 229 g/mol. The molecule has 0 aromatic rings. The largest absolute Gasteiger partial charge is 0.481 e. The molecule has 0 saturated carbocycles. The molecule has 3 heteroatoms. The first-order valence-corrected chi connectivity index (χ1v) is 6.21. The number of hydrogen-bond donors (Lipinski definition) is 2. The van der Waals surface area contributed by atoms with Crippen molar-refractivity contribution in [2.45, 2.75) is 53.9 Å². The van der Waals surface area contributed by atoms with Gasteiger partial charge in [-0.25, -0.2) is 0 Å². The Hall–Kier alpha value is -0.570. The van der Waals surface area contributed by atoms with Crippen LogP contribution in [-0.2, 0) is 4.79 Å². The van der Waals surface area contributed by atoms with Crippen molar-refractivity contribution < 1.29 is 9.90 Å². The molecule has 0 unspecified atom stereocenters. The van der Waals surface area contributed by atoms with Gasteiger partial charge in [0.15, 0.2) is 0 Å². The fourth-order valence-corrected chi connectivity index (χ4v) is 1.67. The summed E-state index contributed by atoms with van der Waals surface area (Å²) in [4.78, 5) is 11.2. The highest BCUT2D eigenvalue weighted by Gasteiger charge is 2.34. The Kier molecular flexibility index (Phi) is 6.01. The van der Waals surface area contributed by atoms with Crippen LogP contribution >= 0.6 is 0 Å². The molecule has 3 nitrogen and oxygen atoms in total. The number of carboxylic acid groups (broad SMARTS) is 1. The predicted molar refractivity (Wildman–Crippen MR) is 67.6 cm³/mol. The van der Waals surface area contributed by atoms with E-state index in [4.69, 9.17) is 0 Å². The minimum atomic E-state index is -0.680. The SMILES string of the molecule is CCC(CC)(CNCCC(C)(C)C)C(=O)O. The minimum Gasteiger partial charge on any atom is -0.481 e. The molecule has 0 aliphatic rings. The first-order valence-electron chi connectivity index (χ1n) is 6.21. The number of rotatable bonds is 7. The van der Waals surface area contributed by atoms with E-state index in [1.165, 1.54) is 0 Å². The van der Waals surface area contributed by atoms with Gasteiger partial charge >= 0.3 is 5.97 Å². The van der Waals surface area contributed by atoms with Gasteiger partial charge in [0, 0.05) is 6.54 Å². The third-order valence-electron chi connectivity index (χ3n) is 3.32. The lowest BCUT2D eigenvalue weighted by atomic mass is 9.82. The van der Waals surface area contributed by atoms with Crippen LogP contribution in [0.4, 0.5) is 0 Å². The molecule has 96 valence electrons. The molecule has 2 N–H and O–H groups in total. The summed E-state index contributed by atoms with van der Waals surface area (Å²) in [6, 6.07) is 0. The van der Waals surface area contributed by atoms with Crippen molar-refractivity contribution in [1.82, 2.24) is 5.32 Å². The first-order chi connectivity index (χ1) is 7.27. The predicted octanol–water partition coefficient (Wildman–Crippen LogP) is 2.90. The van der Waals surface area contributed by atoms with Crippen LogP contribution in [0, 0.1) is 10.8 Å². The molecule has 0 bridgehead atoms. The number of hydrogen-bond acceptors (Lipinski definition) is 2. The van der Waals surface area contributed by atoms with Gasteiger partial charge < -0.3 is 10.4 Å². The molecule has 0 aliphatic heterocycles. The summed E-state index contributed by atoms with van der Waals surface area (Å²) in [7, 11) is 0. The normalized spacial score (nSPS) is 12.8. The van der Waals surface area contributed by atoms with Crippen LogP contribution in [0.1, 0.15) is 53.9 Å². The van der Waals surface area contributed by atoms with E-state index in [0.717, 1.165) is 13.0 Å². The van der Waals surface area contributed by atoms with Crippen LogP contribution in [0.2, 0.25) is 0 Å². The van der Waals surface area contributed by atoms with Gasteiger partial charge in [-0.05, 0) is 31.2 Å². The van der Waals surface area contributed by atoms with E-state index in [0.29, 0.717) is 24.8 Å². The second-order valence-electron chi connectivity index (χ2n) is 5.78. The number of aliphatic carboxylic acids is 1. The molecule has 0 amide bonds. The molecular weight excluding hydrogens is 202 g/mol. The van der Waals surface area contributed by atoms with E-state index < -0.39 is 11.4 Å². The maximum Gasteiger partial charge on any atom is 0.310 e. The van der Waals surface area contributed by atoms with Gasteiger partial charge in [-0.3, -0.25) is 4.79 Å². The summed E-state index contributed by atoms with van der Waals surface area (Å²) in [5.74, 6) is -0.680. The summed E-state index contributed by atoms with van der Waals surface area (Å²) in [5.41, 5.74) is -0.283. The van der Waals surface area contributed by atoms with Crippen molar-refractivity contribution in [3.05, 3.63) is 0 Å². The molecule has 0 saturated heterocycles. The molecule has 0 radical (unpaired) electrons. The summed E-state index contributed by atoms with van der Waals surface area (Å²) in [6.45, 7) is 11.9. The third kappa shape index (κ3) is 4.97. The van der Waals surface area contributed by atoms with Crippen LogP contribution in [0.5, 0.6) is 0 Å². The van der Waals surface area contributed by atoms with E-state index >= 15 is 0 Å². The van der Waals surface area contributed by atoms with Crippen LogP contribution < -0.4 is 5.32 Å². The smallest absolute Gasteiger partial charge is 0.310 e. The zero-order valence-corrected chi connectivity index (χ0v) is 11.4. The fourth-order valence-electron chi connectivity index (χ4n) is 1.67. The van der Waals surface area contributed by atoms with E-state index in [1.807, 2.05) is 13.8 Å². The maximum atomic E-state index is 11.2. The summed E-state index contributed by atoms with van der Waals surface area (Å²) in [5, 5.41) is 12.5.